The Kier molecular flexibility index (Phi) is 11.9. The van der Waals surface area contributed by atoms with Gasteiger partial charge in [-0.2, -0.15) is 0 Å². The minimum atomic E-state index is 1.07. The van der Waals surface area contributed by atoms with Crippen LogP contribution in [0.4, 0.5) is 0 Å². The predicted molar refractivity (Wildman–Crippen MR) is 58.2 cm³/mol. The van der Waals surface area contributed by atoms with Crippen LogP contribution in [0.15, 0.2) is 23.4 Å². The van der Waals surface area contributed by atoms with Gasteiger partial charge in [0.2, 0.25) is 0 Å². The van der Waals surface area contributed by atoms with Crippen molar-refractivity contribution in [3.8, 4) is 0 Å². The summed E-state index contributed by atoms with van der Waals surface area (Å²) >= 11 is 0. The van der Waals surface area contributed by atoms with Gasteiger partial charge in [-0.3, -0.25) is 0 Å². The summed E-state index contributed by atoms with van der Waals surface area (Å²) in [6.45, 7) is 10.3. The van der Waals surface area contributed by atoms with Crippen LogP contribution in [0.5, 0.6) is 0 Å². The molecular weight excluding hydrogens is 146 g/mol. The molecule has 72 valence electrons. The Morgan fingerprint density at radius 2 is 1.83 bits per heavy atom. The van der Waals surface area contributed by atoms with Crippen LogP contribution in [0.25, 0.3) is 0 Å². The molecule has 0 aliphatic heterocycles. The van der Waals surface area contributed by atoms with Gasteiger partial charge in [0.25, 0.3) is 0 Å². The molecule has 0 bridgehead atoms. The molecule has 1 heteroatoms. The van der Waals surface area contributed by atoms with Crippen molar-refractivity contribution < 1.29 is 0 Å². The molecule has 0 aliphatic carbocycles. The molecule has 0 saturated heterocycles. The molecule has 0 atom stereocenters. The summed E-state index contributed by atoms with van der Waals surface area (Å²) < 4.78 is 0. The SMILES string of the molecule is C/C=C(C)\C=C(/CC)NC.CC. The fourth-order valence-electron chi connectivity index (χ4n) is 0.709. The molecule has 12 heavy (non-hydrogen) atoms. The Labute approximate surface area is 77.6 Å². The van der Waals surface area contributed by atoms with E-state index in [4.69, 9.17) is 0 Å². The van der Waals surface area contributed by atoms with Gasteiger partial charge in [0, 0.05) is 12.7 Å². The molecule has 0 spiro atoms. The third-order valence-corrected chi connectivity index (χ3v) is 1.56. The van der Waals surface area contributed by atoms with Crippen molar-refractivity contribution in [1.29, 1.82) is 0 Å². The molecule has 0 heterocycles. The average Bonchev–Trinajstić information content (AvgIpc) is 2.16. The Hall–Kier alpha value is -0.720. The first-order valence-corrected chi connectivity index (χ1v) is 4.75. The van der Waals surface area contributed by atoms with E-state index in [2.05, 4.69) is 38.2 Å². The van der Waals surface area contributed by atoms with Crippen molar-refractivity contribution >= 4 is 0 Å². The summed E-state index contributed by atoms with van der Waals surface area (Å²) in [6.07, 6.45) is 5.34. The van der Waals surface area contributed by atoms with Crippen molar-refractivity contribution in [1.82, 2.24) is 5.32 Å². The average molecular weight is 169 g/mol. The maximum atomic E-state index is 3.14. The number of allylic oxidation sites excluding steroid dienone is 4. The van der Waals surface area contributed by atoms with E-state index in [-0.39, 0.29) is 0 Å². The van der Waals surface area contributed by atoms with Gasteiger partial charge in [0.1, 0.15) is 0 Å². The molecule has 1 nitrogen and oxygen atoms in total. The normalized spacial score (nSPS) is 11.8. The number of hydrogen-bond donors (Lipinski definition) is 1. The lowest BCUT2D eigenvalue weighted by Crippen LogP contribution is -2.04. The number of rotatable bonds is 3. The number of hydrogen-bond acceptors (Lipinski definition) is 1. The molecule has 0 aromatic heterocycles. The first-order chi connectivity index (χ1) is 5.74. The van der Waals surface area contributed by atoms with E-state index in [0.717, 1.165) is 6.42 Å². The topological polar surface area (TPSA) is 12.0 Å². The molecule has 0 unspecified atom stereocenters. The highest BCUT2D eigenvalue weighted by molar-refractivity contribution is 5.19. The molecule has 0 amide bonds. The van der Waals surface area contributed by atoms with Gasteiger partial charge < -0.3 is 5.32 Å². The summed E-state index contributed by atoms with van der Waals surface area (Å²) in [4.78, 5) is 0. The minimum Gasteiger partial charge on any atom is -0.391 e. The fraction of sp³-hybridized carbons (Fsp3) is 0.636. The molecule has 0 saturated carbocycles. The van der Waals surface area contributed by atoms with Crippen molar-refractivity contribution in [2.24, 2.45) is 0 Å². The monoisotopic (exact) mass is 169 g/mol. The lowest BCUT2D eigenvalue weighted by molar-refractivity contribution is 0.897. The quantitative estimate of drug-likeness (QED) is 0.638. The van der Waals surface area contributed by atoms with E-state index in [1.165, 1.54) is 11.3 Å². The van der Waals surface area contributed by atoms with E-state index in [9.17, 15) is 0 Å². The molecular formula is C11H23N. The third kappa shape index (κ3) is 7.39. The van der Waals surface area contributed by atoms with Gasteiger partial charge in [-0.1, -0.05) is 32.4 Å². The van der Waals surface area contributed by atoms with Crippen LogP contribution in [-0.4, -0.2) is 7.05 Å². The first kappa shape index (κ1) is 13.8. The number of nitrogens with one attached hydrogen (secondary N) is 1. The Morgan fingerprint density at radius 1 is 1.33 bits per heavy atom. The van der Waals surface area contributed by atoms with E-state index < -0.39 is 0 Å². The van der Waals surface area contributed by atoms with Crippen LogP contribution < -0.4 is 5.32 Å². The Bertz CT molecular complexity index is 137. The van der Waals surface area contributed by atoms with Crippen molar-refractivity contribution in [2.75, 3.05) is 7.05 Å². The smallest absolute Gasteiger partial charge is 0.0104 e. The van der Waals surface area contributed by atoms with E-state index in [0.29, 0.717) is 0 Å². The van der Waals surface area contributed by atoms with Gasteiger partial charge in [-0.25, -0.2) is 0 Å². The molecule has 0 fully saturated rings. The lowest BCUT2D eigenvalue weighted by atomic mass is 10.2. The van der Waals surface area contributed by atoms with Gasteiger partial charge in [-0.15, -0.1) is 0 Å². The highest BCUT2D eigenvalue weighted by atomic mass is 14.8. The molecule has 0 aromatic carbocycles. The summed E-state index contributed by atoms with van der Waals surface area (Å²) in [5, 5.41) is 3.14. The van der Waals surface area contributed by atoms with Gasteiger partial charge in [0.15, 0.2) is 0 Å². The second-order valence-electron chi connectivity index (χ2n) is 2.31. The zero-order valence-corrected chi connectivity index (χ0v) is 9.36. The zero-order valence-electron chi connectivity index (χ0n) is 9.36. The molecule has 0 rings (SSSR count). The molecule has 0 aromatic rings. The van der Waals surface area contributed by atoms with E-state index in [1.807, 2.05) is 20.9 Å². The van der Waals surface area contributed by atoms with Crippen molar-refractivity contribution in [2.45, 2.75) is 41.0 Å². The maximum Gasteiger partial charge on any atom is 0.0104 e. The van der Waals surface area contributed by atoms with Gasteiger partial charge in [0.05, 0.1) is 0 Å². The predicted octanol–water partition coefficient (Wildman–Crippen LogP) is 3.49. The summed E-state index contributed by atoms with van der Waals surface area (Å²) in [6, 6.07) is 0. The highest BCUT2D eigenvalue weighted by Gasteiger charge is 1.87. The van der Waals surface area contributed by atoms with E-state index >= 15 is 0 Å². The third-order valence-electron chi connectivity index (χ3n) is 1.56. The van der Waals surface area contributed by atoms with Crippen LogP contribution in [-0.2, 0) is 0 Å². The zero-order chi connectivity index (χ0) is 9.98. The Balaban J connectivity index is 0. The van der Waals surface area contributed by atoms with Crippen LogP contribution >= 0.6 is 0 Å². The summed E-state index contributed by atoms with van der Waals surface area (Å²) in [5.41, 5.74) is 2.60. The second-order valence-corrected chi connectivity index (χ2v) is 2.31. The van der Waals surface area contributed by atoms with Crippen LogP contribution in [0, 0.1) is 0 Å². The fourth-order valence-corrected chi connectivity index (χ4v) is 0.709. The summed E-state index contributed by atoms with van der Waals surface area (Å²) in [5.74, 6) is 0. The van der Waals surface area contributed by atoms with Crippen LogP contribution in [0.2, 0.25) is 0 Å². The largest absolute Gasteiger partial charge is 0.391 e. The summed E-state index contributed by atoms with van der Waals surface area (Å²) in [7, 11) is 1.96. The molecule has 1 N–H and O–H groups in total. The van der Waals surface area contributed by atoms with Gasteiger partial charge in [-0.05, 0) is 26.3 Å². The van der Waals surface area contributed by atoms with Crippen molar-refractivity contribution in [3.05, 3.63) is 23.4 Å². The van der Waals surface area contributed by atoms with Crippen LogP contribution in [0.3, 0.4) is 0 Å². The van der Waals surface area contributed by atoms with Gasteiger partial charge >= 0.3 is 0 Å². The molecule has 0 aliphatic rings. The Morgan fingerprint density at radius 3 is 2.08 bits per heavy atom. The first-order valence-electron chi connectivity index (χ1n) is 4.75. The standard InChI is InChI=1S/C9H17N.C2H6/c1-5-8(3)7-9(6-2)10-4;1-2/h5,7,10H,6H2,1-4H3;1-2H3/b8-5-,9-7+;. The lowest BCUT2D eigenvalue weighted by Gasteiger charge is -2.01. The molecule has 0 radical (unpaired) electrons. The maximum absolute atomic E-state index is 3.14. The van der Waals surface area contributed by atoms with E-state index in [1.54, 1.807) is 0 Å². The highest BCUT2D eigenvalue weighted by Crippen LogP contribution is 2.01. The second kappa shape index (κ2) is 10.3. The van der Waals surface area contributed by atoms with Crippen molar-refractivity contribution in [3.63, 3.8) is 0 Å². The van der Waals surface area contributed by atoms with Crippen LogP contribution in [0.1, 0.15) is 41.0 Å². The minimum absolute atomic E-state index is 1.07.